The van der Waals surface area contributed by atoms with Gasteiger partial charge in [-0.25, -0.2) is 0 Å². The van der Waals surface area contributed by atoms with Crippen molar-refractivity contribution in [1.82, 2.24) is 0 Å². The molecule has 0 aliphatic rings. The third kappa shape index (κ3) is 4.25. The number of phenols is 3. The van der Waals surface area contributed by atoms with Gasteiger partial charge in [0.25, 0.3) is 0 Å². The number of benzene rings is 2. The second kappa shape index (κ2) is 6.17. The summed E-state index contributed by atoms with van der Waals surface area (Å²) >= 11 is 0. The Hall–Kier alpha value is -2.49. The molecule has 2 aromatic rings. The molecule has 0 aliphatic heterocycles. The summed E-state index contributed by atoms with van der Waals surface area (Å²) in [6.07, 6.45) is 0.620. The zero-order chi connectivity index (χ0) is 12.7. The van der Waals surface area contributed by atoms with Crippen LogP contribution in [0.1, 0.15) is 10.4 Å². The zero-order valence-electron chi connectivity index (χ0n) is 8.95. The van der Waals surface area contributed by atoms with E-state index in [0.717, 1.165) is 0 Å². The van der Waals surface area contributed by atoms with Crippen LogP contribution in [0, 0.1) is 0 Å². The zero-order valence-corrected chi connectivity index (χ0v) is 8.95. The monoisotopic (exact) mass is 232 g/mol. The van der Waals surface area contributed by atoms with Gasteiger partial charge in [0.05, 0.1) is 5.56 Å². The lowest BCUT2D eigenvalue weighted by atomic mass is 10.2. The lowest BCUT2D eigenvalue weighted by Gasteiger charge is -1.91. The lowest BCUT2D eigenvalue weighted by molar-refractivity contribution is 0.112. The van der Waals surface area contributed by atoms with Gasteiger partial charge in [-0.1, -0.05) is 18.2 Å². The fourth-order valence-corrected chi connectivity index (χ4v) is 1.08. The minimum absolute atomic E-state index is 0.0347. The average molecular weight is 232 g/mol. The van der Waals surface area contributed by atoms with E-state index in [1.165, 1.54) is 24.3 Å². The first-order valence-electron chi connectivity index (χ1n) is 4.84. The highest BCUT2D eigenvalue weighted by molar-refractivity contribution is 5.78. The maximum atomic E-state index is 10.1. The summed E-state index contributed by atoms with van der Waals surface area (Å²) in [7, 11) is 0. The van der Waals surface area contributed by atoms with Crippen molar-refractivity contribution in [2.75, 3.05) is 0 Å². The Morgan fingerprint density at radius 1 is 0.824 bits per heavy atom. The van der Waals surface area contributed by atoms with E-state index in [9.17, 15) is 4.79 Å². The van der Waals surface area contributed by atoms with Crippen molar-refractivity contribution < 1.29 is 20.1 Å². The molecule has 0 aliphatic carbocycles. The standard InChI is InChI=1S/C7H6O2.C6H6O2/c8-5-6-3-1-2-4-7(6)9;7-5-2-1-3-6(8)4-5/h1-5,9H;1-4,7-8H. The van der Waals surface area contributed by atoms with E-state index in [1.54, 1.807) is 24.3 Å². The number of para-hydroxylation sites is 1. The smallest absolute Gasteiger partial charge is 0.153 e. The molecule has 2 aromatic carbocycles. The quantitative estimate of drug-likeness (QED) is 0.659. The lowest BCUT2D eigenvalue weighted by Crippen LogP contribution is -1.77. The molecule has 4 heteroatoms. The van der Waals surface area contributed by atoms with Gasteiger partial charge in [0.15, 0.2) is 6.29 Å². The molecule has 17 heavy (non-hydrogen) atoms. The summed E-state index contributed by atoms with van der Waals surface area (Å²) in [6.45, 7) is 0. The van der Waals surface area contributed by atoms with Gasteiger partial charge in [-0.05, 0) is 24.3 Å². The molecule has 0 saturated carbocycles. The Bertz CT molecular complexity index is 477. The number of hydrogen-bond acceptors (Lipinski definition) is 4. The highest BCUT2D eigenvalue weighted by atomic mass is 16.3. The minimum atomic E-state index is 0.0347. The van der Waals surface area contributed by atoms with Crippen LogP contribution < -0.4 is 0 Å². The molecular formula is C13H12O4. The Morgan fingerprint density at radius 3 is 1.76 bits per heavy atom. The van der Waals surface area contributed by atoms with Crippen molar-refractivity contribution in [3.05, 3.63) is 54.1 Å². The van der Waals surface area contributed by atoms with Crippen LogP contribution in [0.2, 0.25) is 0 Å². The van der Waals surface area contributed by atoms with Gasteiger partial charge in [-0.2, -0.15) is 0 Å². The molecule has 0 radical (unpaired) electrons. The summed E-state index contributed by atoms with van der Waals surface area (Å²) in [5, 5.41) is 26.2. The molecule has 0 heterocycles. The molecule has 0 unspecified atom stereocenters. The number of hydrogen-bond donors (Lipinski definition) is 3. The molecule has 2 rings (SSSR count). The molecule has 4 nitrogen and oxygen atoms in total. The van der Waals surface area contributed by atoms with Crippen molar-refractivity contribution in [3.63, 3.8) is 0 Å². The van der Waals surface area contributed by atoms with Crippen LogP contribution in [0.25, 0.3) is 0 Å². The second-order valence-corrected chi connectivity index (χ2v) is 3.20. The Morgan fingerprint density at radius 2 is 1.41 bits per heavy atom. The van der Waals surface area contributed by atoms with Crippen LogP contribution in [-0.2, 0) is 0 Å². The molecule has 3 N–H and O–H groups in total. The van der Waals surface area contributed by atoms with Crippen LogP contribution in [0.3, 0.4) is 0 Å². The fraction of sp³-hybridized carbons (Fsp3) is 0. The van der Waals surface area contributed by atoms with Gasteiger partial charge in [-0.15, -0.1) is 0 Å². The molecule has 0 bridgehead atoms. The highest BCUT2D eigenvalue weighted by Gasteiger charge is 1.93. The molecular weight excluding hydrogens is 220 g/mol. The van der Waals surface area contributed by atoms with E-state index < -0.39 is 0 Å². The summed E-state index contributed by atoms with van der Waals surface area (Å²) < 4.78 is 0. The average Bonchev–Trinajstić information content (AvgIpc) is 2.30. The fourth-order valence-electron chi connectivity index (χ4n) is 1.08. The predicted octanol–water partition coefficient (Wildman–Crippen LogP) is 2.30. The maximum absolute atomic E-state index is 10.1. The van der Waals surface area contributed by atoms with Crippen LogP contribution in [0.15, 0.2) is 48.5 Å². The van der Waals surface area contributed by atoms with E-state index >= 15 is 0 Å². The summed E-state index contributed by atoms with van der Waals surface area (Å²) in [5.74, 6) is 0.211. The first kappa shape index (κ1) is 12.6. The Balaban J connectivity index is 0.000000171. The van der Waals surface area contributed by atoms with Gasteiger partial charge >= 0.3 is 0 Å². The number of aromatic hydroxyl groups is 3. The number of carbonyl (C=O) groups excluding carboxylic acids is 1. The minimum Gasteiger partial charge on any atom is -0.508 e. The van der Waals surface area contributed by atoms with Crippen molar-refractivity contribution in [1.29, 1.82) is 0 Å². The van der Waals surface area contributed by atoms with Gasteiger partial charge < -0.3 is 15.3 Å². The highest BCUT2D eigenvalue weighted by Crippen LogP contribution is 2.14. The molecule has 88 valence electrons. The van der Waals surface area contributed by atoms with E-state index in [2.05, 4.69) is 0 Å². The van der Waals surface area contributed by atoms with E-state index in [4.69, 9.17) is 15.3 Å². The normalized spacial score (nSPS) is 8.94. The number of phenolic OH excluding ortho intramolecular Hbond substituents is 3. The Kier molecular flexibility index (Phi) is 4.57. The van der Waals surface area contributed by atoms with E-state index in [1.807, 2.05) is 0 Å². The number of rotatable bonds is 1. The summed E-state index contributed by atoms with van der Waals surface area (Å²) in [4.78, 5) is 10.1. The number of aldehydes is 1. The molecule has 0 amide bonds. The van der Waals surface area contributed by atoms with Gasteiger partial charge in [0.2, 0.25) is 0 Å². The summed E-state index contributed by atoms with van der Waals surface area (Å²) in [5.41, 5.74) is 0.331. The number of carbonyl (C=O) groups is 1. The van der Waals surface area contributed by atoms with Crippen molar-refractivity contribution in [3.8, 4) is 17.2 Å². The third-order valence-corrected chi connectivity index (χ3v) is 1.89. The molecule has 0 fully saturated rings. The molecule has 0 spiro atoms. The SMILES string of the molecule is O=Cc1ccccc1O.Oc1cccc(O)c1. The maximum Gasteiger partial charge on any atom is 0.153 e. The van der Waals surface area contributed by atoms with Crippen molar-refractivity contribution >= 4 is 6.29 Å². The molecule has 0 aromatic heterocycles. The topological polar surface area (TPSA) is 77.8 Å². The summed E-state index contributed by atoms with van der Waals surface area (Å²) in [6, 6.07) is 12.3. The first-order chi connectivity index (χ1) is 8.13. The predicted molar refractivity (Wildman–Crippen MR) is 63.3 cm³/mol. The van der Waals surface area contributed by atoms with Crippen LogP contribution in [0.4, 0.5) is 0 Å². The van der Waals surface area contributed by atoms with Gasteiger partial charge in [0.1, 0.15) is 17.2 Å². The third-order valence-electron chi connectivity index (χ3n) is 1.89. The van der Waals surface area contributed by atoms with Crippen LogP contribution in [0.5, 0.6) is 17.2 Å². The second-order valence-electron chi connectivity index (χ2n) is 3.20. The first-order valence-corrected chi connectivity index (χ1v) is 4.84. The van der Waals surface area contributed by atoms with E-state index in [0.29, 0.717) is 11.8 Å². The van der Waals surface area contributed by atoms with Gasteiger partial charge in [0, 0.05) is 6.07 Å². The molecule has 0 saturated heterocycles. The van der Waals surface area contributed by atoms with Crippen LogP contribution >= 0.6 is 0 Å². The van der Waals surface area contributed by atoms with Crippen molar-refractivity contribution in [2.45, 2.75) is 0 Å². The van der Waals surface area contributed by atoms with Crippen molar-refractivity contribution in [2.24, 2.45) is 0 Å². The molecule has 0 atom stereocenters. The van der Waals surface area contributed by atoms with Crippen LogP contribution in [-0.4, -0.2) is 21.6 Å². The Labute approximate surface area is 98.4 Å². The van der Waals surface area contributed by atoms with Gasteiger partial charge in [-0.3, -0.25) is 4.79 Å². The largest absolute Gasteiger partial charge is 0.508 e. The van der Waals surface area contributed by atoms with E-state index in [-0.39, 0.29) is 17.2 Å².